The average Bonchev–Trinajstić information content (AvgIpc) is 3.32. The maximum atomic E-state index is 11.6. The summed E-state index contributed by atoms with van der Waals surface area (Å²) in [7, 11) is 0. The van der Waals surface area contributed by atoms with Crippen LogP contribution in [0.2, 0.25) is 0 Å². The van der Waals surface area contributed by atoms with Gasteiger partial charge in [0.2, 0.25) is 0 Å². The summed E-state index contributed by atoms with van der Waals surface area (Å²) in [4.78, 5) is 56.2. The standard InChI is InChI=1S/C13H14O5.C8H10O3/c1-6-2-7(9-4-10(14)18-12(9)15)3-8-5-17-13(16)11(6)8;9-7-5-3-1-2-4-6(5)8(10)11-7/h2,7-9,11H,3-5H2,1H3;5-6H,1-4H2. The van der Waals surface area contributed by atoms with Crippen molar-refractivity contribution in [2.45, 2.75) is 45.4 Å². The van der Waals surface area contributed by atoms with Gasteiger partial charge in [-0.3, -0.25) is 24.0 Å². The zero-order chi connectivity index (χ0) is 20.7. The molecule has 2 aliphatic carbocycles. The Labute approximate surface area is 167 Å². The Morgan fingerprint density at radius 1 is 0.828 bits per heavy atom. The summed E-state index contributed by atoms with van der Waals surface area (Å²) < 4.78 is 14.2. The largest absolute Gasteiger partial charge is 0.465 e. The Morgan fingerprint density at radius 3 is 2.03 bits per heavy atom. The zero-order valence-electron chi connectivity index (χ0n) is 16.3. The highest BCUT2D eigenvalue weighted by Gasteiger charge is 2.47. The highest BCUT2D eigenvalue weighted by atomic mass is 16.6. The molecule has 156 valence electrons. The molecule has 3 aliphatic heterocycles. The van der Waals surface area contributed by atoms with Gasteiger partial charge in [-0.1, -0.05) is 24.5 Å². The Balaban J connectivity index is 0.000000159. The summed E-state index contributed by atoms with van der Waals surface area (Å²) in [5.74, 6) is -2.26. The molecule has 8 heteroatoms. The van der Waals surface area contributed by atoms with E-state index in [0.717, 1.165) is 31.3 Å². The maximum Gasteiger partial charge on any atom is 0.317 e. The molecule has 0 aromatic heterocycles. The first-order chi connectivity index (χ1) is 13.8. The molecule has 3 saturated heterocycles. The summed E-state index contributed by atoms with van der Waals surface area (Å²) >= 11 is 0. The fourth-order valence-corrected chi connectivity index (χ4v) is 5.23. The molecule has 0 N–H and O–H groups in total. The van der Waals surface area contributed by atoms with E-state index in [9.17, 15) is 24.0 Å². The number of ether oxygens (including phenoxy) is 3. The number of rotatable bonds is 1. The summed E-state index contributed by atoms with van der Waals surface area (Å²) in [6.45, 7) is 2.30. The smallest absolute Gasteiger partial charge is 0.317 e. The van der Waals surface area contributed by atoms with Crippen LogP contribution in [0.25, 0.3) is 0 Å². The first-order valence-electron chi connectivity index (χ1n) is 10.2. The molecule has 0 radical (unpaired) electrons. The van der Waals surface area contributed by atoms with E-state index in [1.165, 1.54) is 0 Å². The monoisotopic (exact) mass is 404 g/mol. The lowest BCUT2D eigenvalue weighted by Gasteiger charge is -2.28. The fourth-order valence-electron chi connectivity index (χ4n) is 5.23. The molecule has 29 heavy (non-hydrogen) atoms. The van der Waals surface area contributed by atoms with E-state index in [2.05, 4.69) is 9.47 Å². The molecule has 6 unspecified atom stereocenters. The second-order valence-electron chi connectivity index (χ2n) is 8.52. The number of carbonyl (C=O) groups is 5. The van der Waals surface area contributed by atoms with Crippen LogP contribution in [0.5, 0.6) is 0 Å². The summed E-state index contributed by atoms with van der Waals surface area (Å²) in [5, 5.41) is 0. The van der Waals surface area contributed by atoms with Crippen LogP contribution in [0.3, 0.4) is 0 Å². The first kappa shape index (κ1) is 19.8. The predicted molar refractivity (Wildman–Crippen MR) is 95.6 cm³/mol. The minimum Gasteiger partial charge on any atom is -0.465 e. The second kappa shape index (κ2) is 7.72. The van der Waals surface area contributed by atoms with Gasteiger partial charge in [-0.05, 0) is 32.1 Å². The molecule has 6 atom stereocenters. The van der Waals surface area contributed by atoms with Crippen LogP contribution in [0.4, 0.5) is 0 Å². The third kappa shape index (κ3) is 3.72. The molecular formula is C21H24O8. The van der Waals surface area contributed by atoms with Gasteiger partial charge in [-0.15, -0.1) is 0 Å². The lowest BCUT2D eigenvalue weighted by Crippen LogP contribution is -2.29. The highest BCUT2D eigenvalue weighted by molar-refractivity contribution is 5.96. The number of esters is 5. The normalized spacial score (nSPS) is 38.2. The van der Waals surface area contributed by atoms with Crippen molar-refractivity contribution in [1.82, 2.24) is 0 Å². The second-order valence-corrected chi connectivity index (χ2v) is 8.52. The number of hydrogen-bond donors (Lipinski definition) is 0. The van der Waals surface area contributed by atoms with E-state index in [1.54, 1.807) is 0 Å². The minimum atomic E-state index is -0.447. The van der Waals surface area contributed by atoms with Crippen molar-refractivity contribution in [3.8, 4) is 0 Å². The van der Waals surface area contributed by atoms with Gasteiger partial charge < -0.3 is 14.2 Å². The number of allylic oxidation sites excluding steroid dienone is 1. The van der Waals surface area contributed by atoms with E-state index < -0.39 is 11.9 Å². The lowest BCUT2D eigenvalue weighted by molar-refractivity contribution is -0.155. The van der Waals surface area contributed by atoms with Gasteiger partial charge in [-0.2, -0.15) is 0 Å². The van der Waals surface area contributed by atoms with E-state index in [1.807, 2.05) is 13.0 Å². The fraction of sp³-hybridized carbons (Fsp3) is 0.667. The first-order valence-corrected chi connectivity index (χ1v) is 10.2. The van der Waals surface area contributed by atoms with Gasteiger partial charge in [-0.25, -0.2) is 0 Å². The van der Waals surface area contributed by atoms with Crippen LogP contribution in [-0.4, -0.2) is 36.5 Å². The third-order valence-corrected chi connectivity index (χ3v) is 6.70. The van der Waals surface area contributed by atoms with E-state index in [0.29, 0.717) is 13.0 Å². The molecule has 8 nitrogen and oxygen atoms in total. The molecule has 5 aliphatic rings. The maximum absolute atomic E-state index is 11.6. The van der Waals surface area contributed by atoms with Crippen molar-refractivity contribution < 1.29 is 38.2 Å². The van der Waals surface area contributed by atoms with Crippen LogP contribution in [0.1, 0.15) is 45.4 Å². The minimum absolute atomic E-state index is 0.0142. The average molecular weight is 404 g/mol. The van der Waals surface area contributed by atoms with Crippen molar-refractivity contribution in [2.75, 3.05) is 6.61 Å². The van der Waals surface area contributed by atoms with Crippen molar-refractivity contribution in [2.24, 2.45) is 35.5 Å². The topological polar surface area (TPSA) is 113 Å². The van der Waals surface area contributed by atoms with Crippen molar-refractivity contribution in [3.63, 3.8) is 0 Å². The van der Waals surface area contributed by atoms with Gasteiger partial charge in [0.15, 0.2) is 0 Å². The molecule has 1 saturated carbocycles. The summed E-state index contributed by atoms with van der Waals surface area (Å²) in [6, 6.07) is 0. The van der Waals surface area contributed by atoms with Gasteiger partial charge >= 0.3 is 29.8 Å². The summed E-state index contributed by atoms with van der Waals surface area (Å²) in [5.41, 5.74) is 0.950. The van der Waals surface area contributed by atoms with Crippen LogP contribution in [0.15, 0.2) is 11.6 Å². The van der Waals surface area contributed by atoms with Crippen molar-refractivity contribution in [1.29, 1.82) is 0 Å². The third-order valence-electron chi connectivity index (χ3n) is 6.70. The highest BCUT2D eigenvalue weighted by Crippen LogP contribution is 2.43. The quantitative estimate of drug-likeness (QED) is 0.281. The number of cyclic esters (lactones) is 5. The Hall–Kier alpha value is -2.51. The summed E-state index contributed by atoms with van der Waals surface area (Å²) in [6.07, 6.45) is 6.61. The van der Waals surface area contributed by atoms with E-state index in [-0.39, 0.29) is 59.8 Å². The number of fused-ring (bicyclic) bond motifs is 2. The van der Waals surface area contributed by atoms with Crippen molar-refractivity contribution in [3.05, 3.63) is 11.6 Å². The SMILES string of the molecule is CC1=CC(C2CC(=O)OC2=O)CC2COC(=O)C12.O=C1OC(=O)C2CCCCC12. The van der Waals surface area contributed by atoms with Crippen LogP contribution in [-0.2, 0) is 38.2 Å². The molecular weight excluding hydrogens is 380 g/mol. The van der Waals surface area contributed by atoms with Crippen LogP contribution >= 0.6 is 0 Å². The zero-order valence-corrected chi connectivity index (χ0v) is 16.3. The molecule has 3 heterocycles. The number of hydrogen-bond acceptors (Lipinski definition) is 8. The molecule has 0 aromatic rings. The molecule has 0 bridgehead atoms. The number of carbonyl (C=O) groups excluding carboxylic acids is 5. The van der Waals surface area contributed by atoms with E-state index >= 15 is 0 Å². The van der Waals surface area contributed by atoms with Gasteiger partial charge in [0, 0.05) is 5.92 Å². The predicted octanol–water partition coefficient (Wildman–Crippen LogP) is 1.71. The van der Waals surface area contributed by atoms with Gasteiger partial charge in [0.25, 0.3) is 0 Å². The Kier molecular flexibility index (Phi) is 5.27. The van der Waals surface area contributed by atoms with Gasteiger partial charge in [0.05, 0.1) is 36.7 Å². The lowest BCUT2D eigenvalue weighted by atomic mass is 9.72. The van der Waals surface area contributed by atoms with Gasteiger partial charge in [0.1, 0.15) is 0 Å². The van der Waals surface area contributed by atoms with Crippen molar-refractivity contribution >= 4 is 29.8 Å². The molecule has 0 aromatic carbocycles. The molecule has 4 fully saturated rings. The van der Waals surface area contributed by atoms with E-state index in [4.69, 9.17) is 4.74 Å². The Morgan fingerprint density at radius 2 is 1.45 bits per heavy atom. The van der Waals surface area contributed by atoms with Crippen LogP contribution in [0, 0.1) is 35.5 Å². The van der Waals surface area contributed by atoms with Crippen LogP contribution < -0.4 is 0 Å². The molecule has 5 rings (SSSR count). The Bertz CT molecular complexity index is 775. The molecule has 0 amide bonds. The molecule has 0 spiro atoms.